The van der Waals surface area contributed by atoms with Crippen LogP contribution in [0.2, 0.25) is 5.02 Å². The van der Waals surface area contributed by atoms with Gasteiger partial charge in [-0.05, 0) is 37.0 Å². The van der Waals surface area contributed by atoms with Crippen LogP contribution in [0.1, 0.15) is 25.3 Å². The number of piperidine rings is 1. The Morgan fingerprint density at radius 1 is 1.37 bits per heavy atom. The maximum atomic E-state index is 12.2. The third-order valence-electron chi connectivity index (χ3n) is 3.49. The van der Waals surface area contributed by atoms with E-state index in [1.165, 1.54) is 0 Å². The maximum absolute atomic E-state index is 12.2. The average molecular weight is 279 g/mol. The molecule has 0 unspecified atom stereocenters. The lowest BCUT2D eigenvalue weighted by atomic mass is 10.0. The molecule has 1 aliphatic rings. The summed E-state index contributed by atoms with van der Waals surface area (Å²) in [6.07, 6.45) is 3.42. The highest BCUT2D eigenvalue weighted by molar-refractivity contribution is 6.32. The Labute approximate surface area is 119 Å². The van der Waals surface area contributed by atoms with E-state index >= 15 is 0 Å². The minimum absolute atomic E-state index is 0.0457. The van der Waals surface area contributed by atoms with E-state index in [9.17, 15) is 4.79 Å². The van der Waals surface area contributed by atoms with E-state index in [1.807, 2.05) is 36.1 Å². The summed E-state index contributed by atoms with van der Waals surface area (Å²) in [6, 6.07) is 7.79. The fourth-order valence-corrected chi connectivity index (χ4v) is 2.54. The summed E-state index contributed by atoms with van der Waals surface area (Å²) in [5, 5.41) is 0.671. The van der Waals surface area contributed by atoms with Gasteiger partial charge in [0.1, 0.15) is 0 Å². The Morgan fingerprint density at radius 3 is 2.63 bits per heavy atom. The quantitative estimate of drug-likeness (QED) is 0.846. The van der Waals surface area contributed by atoms with E-state index in [0.717, 1.165) is 37.1 Å². The van der Waals surface area contributed by atoms with Crippen molar-refractivity contribution in [2.75, 3.05) is 13.1 Å². The van der Waals surface area contributed by atoms with Crippen LogP contribution in [0.15, 0.2) is 30.3 Å². The van der Waals surface area contributed by atoms with Crippen LogP contribution < -0.4 is 5.73 Å². The van der Waals surface area contributed by atoms with Crippen molar-refractivity contribution in [3.05, 3.63) is 40.9 Å². The Balaban J connectivity index is 2.08. The van der Waals surface area contributed by atoms with Crippen LogP contribution in [0.25, 0.3) is 5.57 Å². The number of nitrogens with zero attached hydrogens (tertiary/aromatic N) is 1. The zero-order valence-electron chi connectivity index (χ0n) is 11.1. The number of allylic oxidation sites excluding steroid dienone is 1. The molecule has 1 heterocycles. The van der Waals surface area contributed by atoms with Gasteiger partial charge in [-0.15, -0.1) is 0 Å². The molecule has 1 aromatic carbocycles. The standard InChI is InChI=1S/C15H19ClN2O/c1-11(13-4-2-3-5-14(13)16)10-15(19)18-8-6-12(17)7-9-18/h2-5,10,12H,6-9,17H2,1H3/b11-10-. The van der Waals surface area contributed by atoms with Crippen LogP contribution in [-0.2, 0) is 4.79 Å². The van der Waals surface area contributed by atoms with Crippen molar-refractivity contribution in [1.82, 2.24) is 4.90 Å². The van der Waals surface area contributed by atoms with E-state index in [4.69, 9.17) is 17.3 Å². The molecule has 0 atom stereocenters. The molecule has 0 saturated carbocycles. The van der Waals surface area contributed by atoms with Crippen molar-refractivity contribution in [3.63, 3.8) is 0 Å². The molecule has 1 amide bonds. The molecule has 3 nitrogen and oxygen atoms in total. The van der Waals surface area contributed by atoms with E-state index < -0.39 is 0 Å². The summed E-state index contributed by atoms with van der Waals surface area (Å²) in [5.41, 5.74) is 7.64. The molecule has 1 aromatic rings. The molecular formula is C15H19ClN2O. The van der Waals surface area contributed by atoms with Crippen molar-refractivity contribution in [2.24, 2.45) is 5.73 Å². The number of hydrogen-bond acceptors (Lipinski definition) is 2. The van der Waals surface area contributed by atoms with Gasteiger partial charge in [0.15, 0.2) is 0 Å². The van der Waals surface area contributed by atoms with E-state index in [0.29, 0.717) is 5.02 Å². The van der Waals surface area contributed by atoms with Gasteiger partial charge in [0.25, 0.3) is 0 Å². The van der Waals surface area contributed by atoms with Gasteiger partial charge in [0.2, 0.25) is 5.91 Å². The SMILES string of the molecule is C/C(=C/C(=O)N1CCC(N)CC1)c1ccccc1Cl. The number of benzene rings is 1. The minimum atomic E-state index is 0.0457. The highest BCUT2D eigenvalue weighted by Crippen LogP contribution is 2.23. The molecule has 0 bridgehead atoms. The molecule has 1 aliphatic heterocycles. The number of amides is 1. The number of nitrogens with two attached hydrogens (primary N) is 1. The Hall–Kier alpha value is -1.32. The third kappa shape index (κ3) is 3.58. The lowest BCUT2D eigenvalue weighted by Crippen LogP contribution is -2.42. The first-order valence-electron chi connectivity index (χ1n) is 6.55. The van der Waals surface area contributed by atoms with Gasteiger partial charge in [0, 0.05) is 30.2 Å². The summed E-state index contributed by atoms with van der Waals surface area (Å²) in [5.74, 6) is 0.0457. The third-order valence-corrected chi connectivity index (χ3v) is 3.82. The second kappa shape index (κ2) is 6.22. The van der Waals surface area contributed by atoms with E-state index in [-0.39, 0.29) is 11.9 Å². The topological polar surface area (TPSA) is 46.3 Å². The number of likely N-dealkylation sites (tertiary alicyclic amines) is 1. The van der Waals surface area contributed by atoms with Crippen LogP contribution in [0.5, 0.6) is 0 Å². The molecule has 2 rings (SSSR count). The number of rotatable bonds is 2. The monoisotopic (exact) mass is 278 g/mol. The highest BCUT2D eigenvalue weighted by atomic mass is 35.5. The van der Waals surface area contributed by atoms with Gasteiger partial charge < -0.3 is 10.6 Å². The molecule has 19 heavy (non-hydrogen) atoms. The molecule has 4 heteroatoms. The zero-order chi connectivity index (χ0) is 13.8. The number of hydrogen-bond donors (Lipinski definition) is 1. The van der Waals surface area contributed by atoms with Crippen molar-refractivity contribution in [2.45, 2.75) is 25.8 Å². The van der Waals surface area contributed by atoms with Gasteiger partial charge in [-0.1, -0.05) is 29.8 Å². The van der Waals surface area contributed by atoms with Crippen molar-refractivity contribution < 1.29 is 4.79 Å². The van der Waals surface area contributed by atoms with Crippen LogP contribution >= 0.6 is 11.6 Å². The summed E-state index contributed by atoms with van der Waals surface area (Å²) in [6.45, 7) is 3.40. The molecule has 1 fully saturated rings. The lowest BCUT2D eigenvalue weighted by molar-refractivity contribution is -0.126. The fraction of sp³-hybridized carbons (Fsp3) is 0.400. The highest BCUT2D eigenvalue weighted by Gasteiger charge is 2.19. The lowest BCUT2D eigenvalue weighted by Gasteiger charge is -2.29. The number of carbonyl (C=O) groups is 1. The molecule has 102 valence electrons. The van der Waals surface area contributed by atoms with Gasteiger partial charge in [-0.3, -0.25) is 4.79 Å². The fourth-order valence-electron chi connectivity index (χ4n) is 2.26. The summed E-state index contributed by atoms with van der Waals surface area (Å²) in [4.78, 5) is 14.0. The molecule has 1 saturated heterocycles. The van der Waals surface area contributed by atoms with Crippen molar-refractivity contribution in [1.29, 1.82) is 0 Å². The Morgan fingerprint density at radius 2 is 2.00 bits per heavy atom. The molecule has 0 spiro atoms. The maximum Gasteiger partial charge on any atom is 0.246 e. The molecular weight excluding hydrogens is 260 g/mol. The first-order valence-corrected chi connectivity index (χ1v) is 6.93. The number of halogens is 1. The van der Waals surface area contributed by atoms with E-state index in [2.05, 4.69) is 0 Å². The summed E-state index contributed by atoms with van der Waals surface area (Å²) in [7, 11) is 0. The first kappa shape index (κ1) is 14.1. The second-order valence-electron chi connectivity index (χ2n) is 4.97. The van der Waals surface area contributed by atoms with Crippen LogP contribution in [0.3, 0.4) is 0 Å². The van der Waals surface area contributed by atoms with Crippen molar-refractivity contribution in [3.8, 4) is 0 Å². The largest absolute Gasteiger partial charge is 0.339 e. The molecule has 2 N–H and O–H groups in total. The average Bonchev–Trinajstić information content (AvgIpc) is 2.39. The number of carbonyl (C=O) groups excluding carboxylic acids is 1. The Bertz CT molecular complexity index is 491. The summed E-state index contributed by atoms with van der Waals surface area (Å²) < 4.78 is 0. The normalized spacial score (nSPS) is 17.6. The van der Waals surface area contributed by atoms with Crippen LogP contribution in [0, 0.1) is 0 Å². The van der Waals surface area contributed by atoms with Crippen molar-refractivity contribution >= 4 is 23.1 Å². The van der Waals surface area contributed by atoms with Gasteiger partial charge in [0.05, 0.1) is 0 Å². The van der Waals surface area contributed by atoms with Gasteiger partial charge in [-0.25, -0.2) is 0 Å². The van der Waals surface area contributed by atoms with Gasteiger partial charge in [-0.2, -0.15) is 0 Å². The van der Waals surface area contributed by atoms with E-state index in [1.54, 1.807) is 6.08 Å². The smallest absolute Gasteiger partial charge is 0.246 e. The minimum Gasteiger partial charge on any atom is -0.339 e. The predicted molar refractivity (Wildman–Crippen MR) is 78.9 cm³/mol. The molecule has 0 aliphatic carbocycles. The molecule has 0 radical (unpaired) electrons. The first-order chi connectivity index (χ1) is 9.08. The van der Waals surface area contributed by atoms with Gasteiger partial charge >= 0.3 is 0 Å². The molecule has 0 aromatic heterocycles. The zero-order valence-corrected chi connectivity index (χ0v) is 11.9. The van der Waals surface area contributed by atoms with Crippen LogP contribution in [-0.4, -0.2) is 29.9 Å². The van der Waals surface area contributed by atoms with Crippen LogP contribution in [0.4, 0.5) is 0 Å². The Kier molecular flexibility index (Phi) is 4.61. The summed E-state index contributed by atoms with van der Waals surface area (Å²) >= 11 is 6.13. The predicted octanol–water partition coefficient (Wildman–Crippen LogP) is 2.69. The second-order valence-corrected chi connectivity index (χ2v) is 5.38.